The van der Waals surface area contributed by atoms with Crippen LogP contribution in [0.4, 0.5) is 5.13 Å². The number of aliphatic imine (C=N–C) groups is 1. The average Bonchev–Trinajstić information content (AvgIpc) is 3.14. The number of aryl methyl sites for hydroxylation is 1. The maximum Gasteiger partial charge on any atom is 0.191 e. The van der Waals surface area contributed by atoms with Gasteiger partial charge in [0.05, 0.1) is 6.54 Å². The summed E-state index contributed by atoms with van der Waals surface area (Å²) in [6.45, 7) is 12.3. The summed E-state index contributed by atoms with van der Waals surface area (Å²) in [6.07, 6.45) is 1.85. The van der Waals surface area contributed by atoms with Crippen molar-refractivity contribution in [2.24, 2.45) is 10.7 Å². The Morgan fingerprint density at radius 2 is 1.96 bits per heavy atom. The largest absolute Gasteiger partial charge is 0.488 e. The molecule has 2 heterocycles. The van der Waals surface area contributed by atoms with E-state index in [9.17, 15) is 0 Å². The number of ether oxygens (including phenoxy) is 1. The van der Waals surface area contributed by atoms with Gasteiger partial charge in [0.15, 0.2) is 11.1 Å². The van der Waals surface area contributed by atoms with Crippen molar-refractivity contribution in [3.63, 3.8) is 0 Å². The molecule has 0 aliphatic carbocycles. The fourth-order valence-corrected chi connectivity index (χ4v) is 3.68. The van der Waals surface area contributed by atoms with E-state index in [0.717, 1.165) is 42.6 Å². The summed E-state index contributed by atoms with van der Waals surface area (Å²) in [7, 11) is 0. The molecule has 0 atom stereocenters. The van der Waals surface area contributed by atoms with Gasteiger partial charge in [0.25, 0.3) is 0 Å². The molecule has 0 saturated carbocycles. The molecular formula is C20H30IN5OS. The number of anilines is 1. The van der Waals surface area contributed by atoms with Crippen LogP contribution in [0.5, 0.6) is 5.75 Å². The number of guanidine groups is 1. The highest BCUT2D eigenvalue weighted by molar-refractivity contribution is 14.0. The summed E-state index contributed by atoms with van der Waals surface area (Å²) in [5.41, 5.74) is 8.25. The van der Waals surface area contributed by atoms with Gasteiger partial charge in [0, 0.05) is 43.3 Å². The second kappa shape index (κ2) is 9.78. The second-order valence-electron chi connectivity index (χ2n) is 7.79. The van der Waals surface area contributed by atoms with E-state index in [2.05, 4.69) is 65.7 Å². The van der Waals surface area contributed by atoms with Crippen molar-refractivity contribution >= 4 is 46.4 Å². The topological polar surface area (TPSA) is 67.0 Å². The first-order valence-corrected chi connectivity index (χ1v) is 10.2. The molecule has 1 fully saturated rings. The highest BCUT2D eigenvalue weighted by Crippen LogP contribution is 2.25. The monoisotopic (exact) mass is 515 g/mol. The number of benzene rings is 1. The molecule has 8 heteroatoms. The molecule has 2 N–H and O–H groups in total. The molecule has 1 aromatic carbocycles. The van der Waals surface area contributed by atoms with Crippen LogP contribution in [-0.2, 0) is 6.54 Å². The number of aromatic nitrogens is 1. The number of rotatable bonds is 4. The zero-order valence-electron chi connectivity index (χ0n) is 17.0. The molecule has 0 radical (unpaired) electrons. The molecular weight excluding hydrogens is 485 g/mol. The highest BCUT2D eigenvalue weighted by atomic mass is 127. The smallest absolute Gasteiger partial charge is 0.191 e. The fourth-order valence-electron chi connectivity index (χ4n) is 2.98. The van der Waals surface area contributed by atoms with Crippen LogP contribution < -0.4 is 15.4 Å². The van der Waals surface area contributed by atoms with Gasteiger partial charge in [-0.15, -0.1) is 35.3 Å². The zero-order valence-corrected chi connectivity index (χ0v) is 20.2. The third-order valence-electron chi connectivity index (χ3n) is 4.34. The molecule has 3 rings (SSSR count). The summed E-state index contributed by atoms with van der Waals surface area (Å²) in [4.78, 5) is 13.5. The summed E-state index contributed by atoms with van der Waals surface area (Å²) < 4.78 is 6.11. The Hall–Kier alpha value is -1.55. The summed E-state index contributed by atoms with van der Waals surface area (Å²) in [5, 5.41) is 3.09. The molecule has 28 heavy (non-hydrogen) atoms. The van der Waals surface area contributed by atoms with Gasteiger partial charge >= 0.3 is 0 Å². The Balaban J connectivity index is 0.00000280. The van der Waals surface area contributed by atoms with Crippen LogP contribution in [0.3, 0.4) is 0 Å². The average molecular weight is 515 g/mol. The minimum absolute atomic E-state index is 0. The first-order valence-electron chi connectivity index (χ1n) is 9.30. The lowest BCUT2D eigenvalue weighted by atomic mass is 10.1. The number of nitrogens with zero attached hydrogens (tertiary/aromatic N) is 4. The SMILES string of the molecule is Cc1ccc(CN=C(N)N2CCN(c3nccs3)CC2)c(OC(C)(C)C)c1.I. The van der Waals surface area contributed by atoms with E-state index in [0.29, 0.717) is 12.5 Å². The Kier molecular flexibility index (Phi) is 7.94. The van der Waals surface area contributed by atoms with Crippen LogP contribution in [0.1, 0.15) is 31.9 Å². The molecule has 0 bridgehead atoms. The number of piperazine rings is 1. The van der Waals surface area contributed by atoms with Crippen molar-refractivity contribution in [3.8, 4) is 5.75 Å². The van der Waals surface area contributed by atoms with Crippen LogP contribution in [0.15, 0.2) is 34.8 Å². The second-order valence-corrected chi connectivity index (χ2v) is 8.66. The lowest BCUT2D eigenvalue weighted by Crippen LogP contribution is -2.51. The first kappa shape index (κ1) is 22.7. The minimum atomic E-state index is -0.246. The molecule has 0 spiro atoms. The van der Waals surface area contributed by atoms with Crippen molar-refractivity contribution < 1.29 is 4.74 Å². The normalized spacial score (nSPS) is 15.4. The quantitative estimate of drug-likeness (QED) is 0.381. The molecule has 0 unspecified atom stereocenters. The molecule has 1 aliphatic heterocycles. The highest BCUT2D eigenvalue weighted by Gasteiger charge is 2.20. The van der Waals surface area contributed by atoms with Crippen molar-refractivity contribution in [2.75, 3.05) is 31.1 Å². The van der Waals surface area contributed by atoms with Gasteiger partial charge in [-0.1, -0.05) is 12.1 Å². The summed E-state index contributed by atoms with van der Waals surface area (Å²) in [5.74, 6) is 1.48. The van der Waals surface area contributed by atoms with Crippen LogP contribution in [0.2, 0.25) is 0 Å². The summed E-state index contributed by atoms with van der Waals surface area (Å²) in [6, 6.07) is 6.23. The van der Waals surface area contributed by atoms with Gasteiger partial charge in [-0.25, -0.2) is 9.98 Å². The summed E-state index contributed by atoms with van der Waals surface area (Å²) >= 11 is 1.67. The van der Waals surface area contributed by atoms with E-state index in [4.69, 9.17) is 10.5 Å². The maximum absolute atomic E-state index is 6.27. The third kappa shape index (κ3) is 6.23. The van der Waals surface area contributed by atoms with E-state index in [1.54, 1.807) is 11.3 Å². The van der Waals surface area contributed by atoms with E-state index in [1.165, 1.54) is 5.56 Å². The van der Waals surface area contributed by atoms with Crippen molar-refractivity contribution in [1.29, 1.82) is 0 Å². The molecule has 154 valence electrons. The van der Waals surface area contributed by atoms with E-state index in [-0.39, 0.29) is 29.6 Å². The predicted octanol–water partition coefficient (Wildman–Crippen LogP) is 3.88. The molecule has 1 saturated heterocycles. The van der Waals surface area contributed by atoms with Gasteiger partial charge in [0.2, 0.25) is 0 Å². The standard InChI is InChI=1S/C20H29N5OS.HI/c1-15-5-6-16(17(13-15)26-20(2,3)4)14-23-18(21)24-8-10-25(11-9-24)19-22-7-12-27-19;/h5-7,12-13H,8-11,14H2,1-4H3,(H2,21,23);1H. The lowest BCUT2D eigenvalue weighted by molar-refractivity contribution is 0.129. The van der Waals surface area contributed by atoms with Crippen LogP contribution in [0, 0.1) is 6.92 Å². The van der Waals surface area contributed by atoms with Gasteiger partial charge in [-0.2, -0.15) is 0 Å². The van der Waals surface area contributed by atoms with E-state index >= 15 is 0 Å². The third-order valence-corrected chi connectivity index (χ3v) is 5.18. The molecule has 6 nitrogen and oxygen atoms in total. The Labute approximate surface area is 188 Å². The molecule has 1 aromatic heterocycles. The number of halogens is 1. The lowest BCUT2D eigenvalue weighted by Gasteiger charge is -2.35. The Morgan fingerprint density at radius 3 is 2.57 bits per heavy atom. The minimum Gasteiger partial charge on any atom is -0.488 e. The van der Waals surface area contributed by atoms with Gasteiger partial charge < -0.3 is 20.3 Å². The molecule has 0 amide bonds. The number of nitrogens with two attached hydrogens (primary N) is 1. The van der Waals surface area contributed by atoms with Crippen LogP contribution in [-0.4, -0.2) is 47.6 Å². The zero-order chi connectivity index (χ0) is 19.4. The predicted molar refractivity (Wildman–Crippen MR) is 128 cm³/mol. The first-order chi connectivity index (χ1) is 12.8. The van der Waals surface area contributed by atoms with E-state index in [1.807, 2.05) is 11.6 Å². The van der Waals surface area contributed by atoms with E-state index < -0.39 is 0 Å². The van der Waals surface area contributed by atoms with Gasteiger partial charge in [-0.05, 0) is 39.3 Å². The van der Waals surface area contributed by atoms with Crippen molar-refractivity contribution in [1.82, 2.24) is 9.88 Å². The maximum atomic E-state index is 6.27. The van der Waals surface area contributed by atoms with Crippen molar-refractivity contribution in [3.05, 3.63) is 40.9 Å². The number of hydrogen-bond donors (Lipinski definition) is 1. The Bertz CT molecular complexity index is 780. The van der Waals surface area contributed by atoms with Crippen LogP contribution >= 0.6 is 35.3 Å². The number of thiazole rings is 1. The molecule has 2 aromatic rings. The van der Waals surface area contributed by atoms with Gasteiger partial charge in [0.1, 0.15) is 11.4 Å². The number of hydrogen-bond acceptors (Lipinski definition) is 5. The van der Waals surface area contributed by atoms with Crippen LogP contribution in [0.25, 0.3) is 0 Å². The van der Waals surface area contributed by atoms with Gasteiger partial charge in [-0.3, -0.25) is 0 Å². The molecule has 1 aliphatic rings. The Morgan fingerprint density at radius 1 is 1.25 bits per heavy atom. The fraction of sp³-hybridized carbons (Fsp3) is 0.500. The van der Waals surface area contributed by atoms with Crippen molar-refractivity contribution in [2.45, 2.75) is 39.8 Å².